The van der Waals surface area contributed by atoms with Crippen LogP contribution in [0.4, 0.5) is 5.69 Å². The van der Waals surface area contributed by atoms with Crippen molar-refractivity contribution in [3.05, 3.63) is 23.5 Å². The first-order valence-electron chi connectivity index (χ1n) is 7.83. The van der Waals surface area contributed by atoms with Gasteiger partial charge in [0.05, 0.1) is 0 Å². The molecule has 1 fully saturated rings. The van der Waals surface area contributed by atoms with Gasteiger partial charge in [0, 0.05) is 42.8 Å². The van der Waals surface area contributed by atoms with Gasteiger partial charge >= 0.3 is 0 Å². The molecular weight excluding hydrogens is 246 g/mol. The zero-order chi connectivity index (χ0) is 14.8. The average molecular weight is 275 g/mol. The number of anilines is 1. The number of nitrogens with one attached hydrogen (secondary N) is 1. The number of aromatic nitrogens is 1. The maximum absolute atomic E-state index is 4.47. The highest BCUT2D eigenvalue weighted by Gasteiger charge is 2.32. The molecule has 0 aliphatic carbocycles. The van der Waals surface area contributed by atoms with E-state index in [1.54, 1.807) is 0 Å². The molecule has 20 heavy (non-hydrogen) atoms. The average Bonchev–Trinajstić information content (AvgIpc) is 2.86. The summed E-state index contributed by atoms with van der Waals surface area (Å²) >= 11 is 0. The number of hydrogen-bond donors (Lipinski definition) is 1. The van der Waals surface area contributed by atoms with E-state index in [0.717, 1.165) is 24.7 Å². The van der Waals surface area contributed by atoms with Crippen LogP contribution in [0.5, 0.6) is 0 Å². The minimum Gasteiger partial charge on any atom is -0.371 e. The van der Waals surface area contributed by atoms with Gasteiger partial charge in [-0.05, 0) is 37.3 Å². The summed E-state index contributed by atoms with van der Waals surface area (Å²) in [4.78, 5) is 7.02. The monoisotopic (exact) mass is 275 g/mol. The number of hydrogen-bond acceptors (Lipinski definition) is 3. The SMILES string of the molecule is CCNCc1cnc(C)cc1N1CCC(C(C)(C)C)C1. The molecule has 0 spiro atoms. The zero-order valence-corrected chi connectivity index (χ0v) is 13.7. The maximum Gasteiger partial charge on any atom is 0.0445 e. The number of nitrogens with zero attached hydrogens (tertiary/aromatic N) is 2. The van der Waals surface area contributed by atoms with Crippen LogP contribution < -0.4 is 10.2 Å². The predicted molar refractivity (Wildman–Crippen MR) is 86.1 cm³/mol. The fourth-order valence-electron chi connectivity index (χ4n) is 2.95. The molecule has 0 saturated carbocycles. The van der Waals surface area contributed by atoms with Crippen LogP contribution in [0, 0.1) is 18.3 Å². The predicted octanol–water partition coefficient (Wildman–Crippen LogP) is 3.37. The van der Waals surface area contributed by atoms with Crippen LogP contribution in [-0.4, -0.2) is 24.6 Å². The molecule has 1 aliphatic heterocycles. The first-order chi connectivity index (χ1) is 9.41. The normalized spacial score (nSPS) is 19.6. The number of rotatable bonds is 4. The highest BCUT2D eigenvalue weighted by Crippen LogP contribution is 2.36. The van der Waals surface area contributed by atoms with Gasteiger partial charge in [0.2, 0.25) is 0 Å². The molecule has 0 radical (unpaired) electrons. The van der Waals surface area contributed by atoms with Crippen molar-refractivity contribution in [2.75, 3.05) is 24.5 Å². The zero-order valence-electron chi connectivity index (χ0n) is 13.7. The number of aryl methyl sites for hydroxylation is 1. The van der Waals surface area contributed by atoms with E-state index < -0.39 is 0 Å². The Morgan fingerprint density at radius 3 is 2.75 bits per heavy atom. The van der Waals surface area contributed by atoms with Crippen molar-refractivity contribution in [3.63, 3.8) is 0 Å². The standard InChI is InChI=1S/C17H29N3/c1-6-18-10-14-11-19-13(2)9-16(14)20-8-7-15(12-20)17(3,4)5/h9,11,15,18H,6-8,10,12H2,1-5H3. The van der Waals surface area contributed by atoms with E-state index in [1.807, 2.05) is 6.20 Å². The molecule has 1 aromatic rings. The lowest BCUT2D eigenvalue weighted by atomic mass is 9.80. The summed E-state index contributed by atoms with van der Waals surface area (Å²) in [7, 11) is 0. The van der Waals surface area contributed by atoms with Gasteiger partial charge in [0.15, 0.2) is 0 Å². The van der Waals surface area contributed by atoms with Crippen molar-refractivity contribution < 1.29 is 0 Å². The maximum atomic E-state index is 4.47. The largest absolute Gasteiger partial charge is 0.371 e. The second kappa shape index (κ2) is 6.13. The van der Waals surface area contributed by atoms with E-state index in [4.69, 9.17) is 0 Å². The van der Waals surface area contributed by atoms with Crippen LogP contribution in [0.15, 0.2) is 12.3 Å². The van der Waals surface area contributed by atoms with Crippen molar-refractivity contribution in [3.8, 4) is 0 Å². The Hall–Kier alpha value is -1.09. The summed E-state index contributed by atoms with van der Waals surface area (Å²) in [6.45, 7) is 15.6. The molecule has 1 aromatic heterocycles. The summed E-state index contributed by atoms with van der Waals surface area (Å²) in [5.41, 5.74) is 4.22. The summed E-state index contributed by atoms with van der Waals surface area (Å²) in [6.07, 6.45) is 3.34. The molecule has 1 N–H and O–H groups in total. The smallest absolute Gasteiger partial charge is 0.0445 e. The van der Waals surface area contributed by atoms with Crippen LogP contribution in [0.2, 0.25) is 0 Å². The second-order valence-corrected chi connectivity index (χ2v) is 7.03. The molecular formula is C17H29N3. The van der Waals surface area contributed by atoms with Crippen molar-refractivity contribution >= 4 is 5.69 Å². The number of pyridine rings is 1. The summed E-state index contributed by atoms with van der Waals surface area (Å²) in [5, 5.41) is 3.42. The van der Waals surface area contributed by atoms with Crippen LogP contribution in [-0.2, 0) is 6.54 Å². The molecule has 1 atom stereocenters. The Bertz CT molecular complexity index is 448. The Morgan fingerprint density at radius 1 is 1.40 bits per heavy atom. The molecule has 1 saturated heterocycles. The summed E-state index contributed by atoms with van der Waals surface area (Å²) in [5.74, 6) is 0.781. The molecule has 1 unspecified atom stereocenters. The van der Waals surface area contributed by atoms with E-state index in [-0.39, 0.29) is 0 Å². The van der Waals surface area contributed by atoms with E-state index in [0.29, 0.717) is 5.41 Å². The minimum atomic E-state index is 0.401. The molecule has 0 bridgehead atoms. The molecule has 2 rings (SSSR count). The van der Waals surface area contributed by atoms with E-state index in [2.05, 4.69) is 55.9 Å². The van der Waals surface area contributed by atoms with Crippen LogP contribution in [0.1, 0.15) is 45.4 Å². The summed E-state index contributed by atoms with van der Waals surface area (Å²) < 4.78 is 0. The van der Waals surface area contributed by atoms with Crippen LogP contribution >= 0.6 is 0 Å². The molecule has 1 aliphatic rings. The van der Waals surface area contributed by atoms with Crippen molar-refractivity contribution in [2.24, 2.45) is 11.3 Å². The lowest BCUT2D eigenvalue weighted by Gasteiger charge is -2.28. The van der Waals surface area contributed by atoms with Gasteiger partial charge in [-0.3, -0.25) is 4.98 Å². The Kier molecular flexibility index (Phi) is 4.69. The molecule has 0 amide bonds. The molecule has 112 valence electrons. The third-order valence-electron chi connectivity index (χ3n) is 4.42. The minimum absolute atomic E-state index is 0.401. The van der Waals surface area contributed by atoms with E-state index in [1.165, 1.54) is 30.8 Å². The summed E-state index contributed by atoms with van der Waals surface area (Å²) in [6, 6.07) is 2.25. The fourth-order valence-corrected chi connectivity index (χ4v) is 2.95. The highest BCUT2D eigenvalue weighted by molar-refractivity contribution is 5.54. The van der Waals surface area contributed by atoms with Crippen LogP contribution in [0.3, 0.4) is 0 Å². The fraction of sp³-hybridized carbons (Fsp3) is 0.706. The molecule has 3 heteroatoms. The quantitative estimate of drug-likeness (QED) is 0.913. The third kappa shape index (κ3) is 3.51. The lowest BCUT2D eigenvalue weighted by molar-refractivity contribution is 0.263. The third-order valence-corrected chi connectivity index (χ3v) is 4.42. The molecule has 2 heterocycles. The van der Waals surface area contributed by atoms with Gasteiger partial charge in [-0.15, -0.1) is 0 Å². The first kappa shape index (κ1) is 15.3. The van der Waals surface area contributed by atoms with Crippen molar-refractivity contribution in [1.82, 2.24) is 10.3 Å². The Balaban J connectivity index is 2.18. The topological polar surface area (TPSA) is 28.2 Å². The molecule has 3 nitrogen and oxygen atoms in total. The van der Waals surface area contributed by atoms with Gasteiger partial charge in [-0.2, -0.15) is 0 Å². The van der Waals surface area contributed by atoms with Crippen molar-refractivity contribution in [1.29, 1.82) is 0 Å². The van der Waals surface area contributed by atoms with Gasteiger partial charge in [-0.1, -0.05) is 27.7 Å². The van der Waals surface area contributed by atoms with E-state index in [9.17, 15) is 0 Å². The lowest BCUT2D eigenvalue weighted by Crippen LogP contribution is -2.27. The van der Waals surface area contributed by atoms with Gasteiger partial charge in [0.1, 0.15) is 0 Å². The van der Waals surface area contributed by atoms with Gasteiger partial charge in [-0.25, -0.2) is 0 Å². The molecule has 0 aromatic carbocycles. The van der Waals surface area contributed by atoms with Gasteiger partial charge < -0.3 is 10.2 Å². The first-order valence-corrected chi connectivity index (χ1v) is 7.83. The Morgan fingerprint density at radius 2 is 2.15 bits per heavy atom. The second-order valence-electron chi connectivity index (χ2n) is 7.03. The highest BCUT2D eigenvalue weighted by atomic mass is 15.2. The van der Waals surface area contributed by atoms with Crippen molar-refractivity contribution in [2.45, 2.75) is 47.6 Å². The van der Waals surface area contributed by atoms with Gasteiger partial charge in [0.25, 0.3) is 0 Å². The van der Waals surface area contributed by atoms with E-state index >= 15 is 0 Å². The van der Waals surface area contributed by atoms with Crippen LogP contribution in [0.25, 0.3) is 0 Å². The Labute approximate surface area is 123 Å².